The number of carbonyl (C=O) groups excluding carboxylic acids is 1. The van der Waals surface area contributed by atoms with Gasteiger partial charge in [-0.2, -0.15) is 0 Å². The van der Waals surface area contributed by atoms with Gasteiger partial charge in [0.15, 0.2) is 5.79 Å². The Morgan fingerprint density at radius 3 is 2.50 bits per heavy atom. The molecule has 4 atom stereocenters. The van der Waals surface area contributed by atoms with Gasteiger partial charge >= 0.3 is 5.97 Å². The Hall–Kier alpha value is -1.99. The minimum Gasteiger partial charge on any atom is -0.469 e. The maximum absolute atomic E-state index is 12.3. The van der Waals surface area contributed by atoms with Gasteiger partial charge in [0.25, 0.3) is 0 Å². The molecule has 0 amide bonds. The van der Waals surface area contributed by atoms with E-state index in [4.69, 9.17) is 14.2 Å². The summed E-state index contributed by atoms with van der Waals surface area (Å²) in [7, 11) is 2.65. The van der Waals surface area contributed by atoms with Gasteiger partial charge in [-0.05, 0) is 12.5 Å². The summed E-state index contributed by atoms with van der Waals surface area (Å²) in [6.07, 6.45) is 0. The first kappa shape index (κ1) is 16.4. The van der Waals surface area contributed by atoms with Crippen LogP contribution in [-0.4, -0.2) is 43.5 Å². The monoisotopic (exact) mass is 309 g/mol. The van der Waals surface area contributed by atoms with Crippen molar-refractivity contribution in [1.82, 2.24) is 0 Å². The number of ether oxygens (including phenoxy) is 3. The summed E-state index contributed by atoms with van der Waals surface area (Å²) in [5, 5.41) is 11.4. The second-order valence-electron chi connectivity index (χ2n) is 5.32. The van der Waals surface area contributed by atoms with Gasteiger partial charge in [0.2, 0.25) is 6.04 Å². The fraction of sp³-hybridized carbons (Fsp3) is 0.533. The van der Waals surface area contributed by atoms with Crippen molar-refractivity contribution >= 4 is 5.97 Å². The lowest BCUT2D eigenvalue weighted by Gasteiger charge is -2.43. The third-order valence-corrected chi connectivity index (χ3v) is 4.19. The number of carbonyl (C=O) groups is 1. The molecule has 0 spiro atoms. The number of benzene rings is 1. The van der Waals surface area contributed by atoms with E-state index in [-0.39, 0.29) is 6.61 Å². The first-order chi connectivity index (χ1) is 10.4. The maximum atomic E-state index is 12.3. The summed E-state index contributed by atoms with van der Waals surface area (Å²) < 4.78 is 15.7. The molecule has 0 saturated carbocycles. The van der Waals surface area contributed by atoms with Gasteiger partial charge in [0, 0.05) is 12.0 Å². The van der Waals surface area contributed by atoms with Gasteiger partial charge in [0.1, 0.15) is 12.5 Å². The minimum atomic E-state index is -1.28. The lowest BCUT2D eigenvalue weighted by Crippen LogP contribution is -2.57. The molecule has 0 aliphatic carbocycles. The van der Waals surface area contributed by atoms with Crippen LogP contribution in [0.15, 0.2) is 30.3 Å². The molecule has 1 fully saturated rings. The fourth-order valence-corrected chi connectivity index (χ4v) is 2.95. The SMILES string of the molecule is COC(=O)[C@@H]1[C@@H](c2ccccc2)[C@H]([N+](=O)[O-])CO[C@]1(C)OC. The van der Waals surface area contributed by atoms with Crippen LogP contribution in [0.2, 0.25) is 0 Å². The molecule has 1 aliphatic heterocycles. The highest BCUT2D eigenvalue weighted by Gasteiger charge is 2.57. The van der Waals surface area contributed by atoms with Crippen molar-refractivity contribution in [3.05, 3.63) is 46.0 Å². The normalized spacial score (nSPS) is 31.5. The van der Waals surface area contributed by atoms with Crippen LogP contribution in [0.25, 0.3) is 0 Å². The van der Waals surface area contributed by atoms with Gasteiger partial charge in [-0.1, -0.05) is 30.3 Å². The number of esters is 1. The molecule has 1 saturated heterocycles. The summed E-state index contributed by atoms with van der Waals surface area (Å²) in [5.41, 5.74) is 0.686. The molecule has 1 aliphatic rings. The Labute approximate surface area is 128 Å². The summed E-state index contributed by atoms with van der Waals surface area (Å²) in [6.45, 7) is 1.46. The van der Waals surface area contributed by atoms with Crippen molar-refractivity contribution in [2.45, 2.75) is 24.7 Å². The molecule has 120 valence electrons. The number of nitrogens with zero attached hydrogens (tertiary/aromatic N) is 1. The molecule has 0 radical (unpaired) electrons. The second-order valence-corrected chi connectivity index (χ2v) is 5.32. The quantitative estimate of drug-likeness (QED) is 0.477. The van der Waals surface area contributed by atoms with E-state index in [0.717, 1.165) is 0 Å². The zero-order valence-corrected chi connectivity index (χ0v) is 12.7. The smallest absolute Gasteiger partial charge is 0.315 e. The van der Waals surface area contributed by atoms with Crippen molar-refractivity contribution in [2.24, 2.45) is 5.92 Å². The third-order valence-electron chi connectivity index (χ3n) is 4.19. The molecule has 2 rings (SSSR count). The number of hydrogen-bond acceptors (Lipinski definition) is 6. The third kappa shape index (κ3) is 2.82. The van der Waals surface area contributed by atoms with Gasteiger partial charge in [0.05, 0.1) is 13.0 Å². The predicted octanol–water partition coefficient (Wildman–Crippen LogP) is 1.60. The first-order valence-corrected chi connectivity index (χ1v) is 6.90. The number of hydrogen-bond donors (Lipinski definition) is 0. The Morgan fingerprint density at radius 1 is 1.36 bits per heavy atom. The molecule has 7 nitrogen and oxygen atoms in total. The van der Waals surface area contributed by atoms with Crippen LogP contribution in [0.5, 0.6) is 0 Å². The van der Waals surface area contributed by atoms with Crippen molar-refractivity contribution in [2.75, 3.05) is 20.8 Å². The molecule has 0 bridgehead atoms. The average molecular weight is 309 g/mol. The van der Waals surface area contributed by atoms with Crippen LogP contribution in [0, 0.1) is 16.0 Å². The number of rotatable bonds is 4. The number of nitro groups is 1. The number of methoxy groups -OCH3 is 2. The Kier molecular flexibility index (Phi) is 4.77. The topological polar surface area (TPSA) is 87.9 Å². The van der Waals surface area contributed by atoms with Crippen LogP contribution >= 0.6 is 0 Å². The lowest BCUT2D eigenvalue weighted by atomic mass is 9.74. The molecule has 1 aromatic rings. The van der Waals surface area contributed by atoms with Crippen molar-refractivity contribution in [1.29, 1.82) is 0 Å². The lowest BCUT2D eigenvalue weighted by molar-refractivity contribution is -0.545. The zero-order valence-electron chi connectivity index (χ0n) is 12.7. The van der Waals surface area contributed by atoms with Gasteiger partial charge in [-0.25, -0.2) is 0 Å². The summed E-state index contributed by atoms with van der Waals surface area (Å²) in [6, 6.07) is 7.85. The Morgan fingerprint density at radius 2 is 2.00 bits per heavy atom. The Balaban J connectivity index is 2.55. The zero-order chi connectivity index (χ0) is 16.3. The molecule has 0 unspecified atom stereocenters. The second kappa shape index (κ2) is 6.41. The van der Waals surface area contributed by atoms with E-state index in [9.17, 15) is 14.9 Å². The van der Waals surface area contributed by atoms with Crippen LogP contribution in [-0.2, 0) is 19.0 Å². The standard InChI is InChI=1S/C15H19NO6/c1-15(21-3)13(14(17)20-2)12(10-7-5-4-6-8-10)11(9-22-15)16(18)19/h4-8,11-13H,9H2,1-3H3/t11-,12+,13+,15+/m1/s1. The highest BCUT2D eigenvalue weighted by atomic mass is 16.7. The molecule has 1 heterocycles. The summed E-state index contributed by atoms with van der Waals surface area (Å²) in [4.78, 5) is 23.3. The average Bonchev–Trinajstić information content (AvgIpc) is 2.54. The molecular formula is C15H19NO6. The summed E-state index contributed by atoms with van der Waals surface area (Å²) >= 11 is 0. The molecule has 1 aromatic carbocycles. The molecule has 22 heavy (non-hydrogen) atoms. The molecular weight excluding hydrogens is 290 g/mol. The van der Waals surface area contributed by atoms with Gasteiger partial charge in [-0.15, -0.1) is 0 Å². The molecule has 0 N–H and O–H groups in total. The first-order valence-electron chi connectivity index (χ1n) is 6.90. The predicted molar refractivity (Wildman–Crippen MR) is 76.8 cm³/mol. The van der Waals surface area contributed by atoms with Gasteiger partial charge in [-0.3, -0.25) is 14.9 Å². The molecule has 7 heteroatoms. The maximum Gasteiger partial charge on any atom is 0.315 e. The van der Waals surface area contributed by atoms with E-state index in [1.54, 1.807) is 31.2 Å². The fourth-order valence-electron chi connectivity index (χ4n) is 2.95. The van der Waals surface area contributed by atoms with E-state index in [0.29, 0.717) is 5.56 Å². The molecule has 0 aromatic heterocycles. The Bertz CT molecular complexity index is 548. The van der Waals surface area contributed by atoms with Crippen LogP contribution in [0.3, 0.4) is 0 Å². The van der Waals surface area contributed by atoms with E-state index >= 15 is 0 Å². The van der Waals surface area contributed by atoms with Crippen LogP contribution in [0.4, 0.5) is 0 Å². The van der Waals surface area contributed by atoms with E-state index in [2.05, 4.69) is 0 Å². The van der Waals surface area contributed by atoms with Gasteiger partial charge < -0.3 is 14.2 Å². The van der Waals surface area contributed by atoms with Crippen LogP contribution in [0.1, 0.15) is 18.4 Å². The van der Waals surface area contributed by atoms with Crippen molar-refractivity contribution in [3.63, 3.8) is 0 Å². The van der Waals surface area contributed by atoms with Crippen molar-refractivity contribution < 1.29 is 23.9 Å². The van der Waals surface area contributed by atoms with Crippen LogP contribution < -0.4 is 0 Å². The minimum absolute atomic E-state index is 0.135. The van der Waals surface area contributed by atoms with E-state index in [1.807, 2.05) is 6.07 Å². The van der Waals surface area contributed by atoms with E-state index < -0.39 is 34.6 Å². The largest absolute Gasteiger partial charge is 0.469 e. The van der Waals surface area contributed by atoms with E-state index in [1.165, 1.54) is 14.2 Å². The van der Waals surface area contributed by atoms with Crippen molar-refractivity contribution in [3.8, 4) is 0 Å². The highest BCUT2D eigenvalue weighted by Crippen LogP contribution is 2.43. The summed E-state index contributed by atoms with van der Waals surface area (Å²) in [5.74, 6) is -3.50. The highest BCUT2D eigenvalue weighted by molar-refractivity contribution is 5.75.